The highest BCUT2D eigenvalue weighted by Gasteiger charge is 2.28. The van der Waals surface area contributed by atoms with Crippen LogP contribution in [0.25, 0.3) is 0 Å². The van der Waals surface area contributed by atoms with Gasteiger partial charge in [-0.05, 0) is 30.5 Å². The Kier molecular flexibility index (Phi) is 4.35. The van der Waals surface area contributed by atoms with Crippen molar-refractivity contribution in [2.24, 2.45) is 0 Å². The molecule has 1 N–H and O–H groups in total. The summed E-state index contributed by atoms with van der Waals surface area (Å²) in [5.74, 6) is 0. The van der Waals surface area contributed by atoms with E-state index >= 15 is 0 Å². The highest BCUT2D eigenvalue weighted by atomic mass is 32.2. The maximum absolute atomic E-state index is 12.6. The average molecular weight is 302 g/mol. The number of sulfonamides is 1. The summed E-state index contributed by atoms with van der Waals surface area (Å²) < 4.78 is 27.3. The topological polar surface area (TPSA) is 49.4 Å². The molecule has 1 saturated heterocycles. The predicted molar refractivity (Wildman–Crippen MR) is 79.3 cm³/mol. The molecule has 2 heterocycles. The SMILES string of the molecule is CC(C)(C)c1ccc(S(=O)(=O)N2CCCNCC2)s1. The van der Waals surface area contributed by atoms with Gasteiger partial charge >= 0.3 is 0 Å². The lowest BCUT2D eigenvalue weighted by molar-refractivity contribution is 0.433. The van der Waals surface area contributed by atoms with Crippen LogP contribution in [0.2, 0.25) is 0 Å². The van der Waals surface area contributed by atoms with E-state index in [1.54, 1.807) is 10.4 Å². The number of hydrogen-bond acceptors (Lipinski definition) is 4. The fraction of sp³-hybridized carbons (Fsp3) is 0.692. The maximum Gasteiger partial charge on any atom is 0.252 e. The van der Waals surface area contributed by atoms with Crippen LogP contribution in [0.1, 0.15) is 32.1 Å². The first-order valence-electron chi connectivity index (χ1n) is 6.63. The molecule has 1 aromatic heterocycles. The van der Waals surface area contributed by atoms with Crippen LogP contribution in [-0.2, 0) is 15.4 Å². The Morgan fingerprint density at radius 1 is 1.21 bits per heavy atom. The van der Waals surface area contributed by atoms with Gasteiger partial charge in [-0.3, -0.25) is 0 Å². The molecule has 1 aliphatic rings. The zero-order valence-electron chi connectivity index (χ0n) is 11.8. The van der Waals surface area contributed by atoms with Gasteiger partial charge in [-0.15, -0.1) is 11.3 Å². The summed E-state index contributed by atoms with van der Waals surface area (Å²) in [6.45, 7) is 9.10. The van der Waals surface area contributed by atoms with Gasteiger partial charge in [0, 0.05) is 24.5 Å². The minimum Gasteiger partial charge on any atom is -0.315 e. The summed E-state index contributed by atoms with van der Waals surface area (Å²) in [6.07, 6.45) is 0.872. The summed E-state index contributed by atoms with van der Waals surface area (Å²) in [7, 11) is -3.31. The molecule has 2 rings (SSSR count). The van der Waals surface area contributed by atoms with Crippen molar-refractivity contribution in [2.75, 3.05) is 26.2 Å². The quantitative estimate of drug-likeness (QED) is 0.909. The average Bonchev–Trinajstić information content (AvgIpc) is 2.66. The van der Waals surface area contributed by atoms with Crippen molar-refractivity contribution < 1.29 is 8.42 Å². The van der Waals surface area contributed by atoms with Crippen LogP contribution in [0.4, 0.5) is 0 Å². The lowest BCUT2D eigenvalue weighted by atomic mass is 9.95. The Morgan fingerprint density at radius 3 is 2.58 bits per heavy atom. The van der Waals surface area contributed by atoms with Crippen molar-refractivity contribution in [3.8, 4) is 0 Å². The molecule has 1 fully saturated rings. The fourth-order valence-corrected chi connectivity index (χ4v) is 5.05. The Morgan fingerprint density at radius 2 is 1.95 bits per heavy atom. The van der Waals surface area contributed by atoms with Crippen molar-refractivity contribution >= 4 is 21.4 Å². The molecule has 108 valence electrons. The first-order valence-corrected chi connectivity index (χ1v) is 8.89. The Balaban J connectivity index is 2.26. The number of rotatable bonds is 2. The van der Waals surface area contributed by atoms with Crippen LogP contribution in [0, 0.1) is 0 Å². The zero-order valence-corrected chi connectivity index (χ0v) is 13.4. The van der Waals surface area contributed by atoms with Crippen molar-refractivity contribution in [1.82, 2.24) is 9.62 Å². The van der Waals surface area contributed by atoms with Gasteiger partial charge in [0.15, 0.2) is 0 Å². The Bertz CT molecular complexity index is 521. The van der Waals surface area contributed by atoms with E-state index in [9.17, 15) is 8.42 Å². The summed E-state index contributed by atoms with van der Waals surface area (Å²) in [5, 5.41) is 3.23. The van der Waals surface area contributed by atoms with Crippen molar-refractivity contribution in [1.29, 1.82) is 0 Å². The molecule has 0 atom stereocenters. The summed E-state index contributed by atoms with van der Waals surface area (Å²) in [6, 6.07) is 3.69. The van der Waals surface area contributed by atoms with Gasteiger partial charge in [0.05, 0.1) is 0 Å². The lowest BCUT2D eigenvalue weighted by Crippen LogP contribution is -2.33. The molecule has 6 heteroatoms. The minimum atomic E-state index is -3.31. The van der Waals surface area contributed by atoms with Crippen LogP contribution in [0.3, 0.4) is 0 Å². The third kappa shape index (κ3) is 3.37. The van der Waals surface area contributed by atoms with Crippen LogP contribution in [0.15, 0.2) is 16.3 Å². The molecule has 0 aliphatic carbocycles. The minimum absolute atomic E-state index is 0.00121. The van der Waals surface area contributed by atoms with E-state index in [-0.39, 0.29) is 5.41 Å². The first-order chi connectivity index (χ1) is 8.82. The van der Waals surface area contributed by atoms with Crippen LogP contribution in [-0.4, -0.2) is 38.9 Å². The highest BCUT2D eigenvalue weighted by molar-refractivity contribution is 7.91. The van der Waals surface area contributed by atoms with E-state index in [1.807, 2.05) is 6.07 Å². The van der Waals surface area contributed by atoms with Gasteiger partial charge in [0.1, 0.15) is 4.21 Å². The molecule has 1 aromatic rings. The predicted octanol–water partition coefficient (Wildman–Crippen LogP) is 2.03. The van der Waals surface area contributed by atoms with Gasteiger partial charge < -0.3 is 5.32 Å². The van der Waals surface area contributed by atoms with Gasteiger partial charge in [0.2, 0.25) is 0 Å². The fourth-order valence-electron chi connectivity index (χ4n) is 2.05. The molecular weight excluding hydrogens is 280 g/mol. The summed E-state index contributed by atoms with van der Waals surface area (Å²) in [4.78, 5) is 1.11. The molecule has 0 spiro atoms. The Hall–Kier alpha value is -0.430. The molecular formula is C13H22N2O2S2. The van der Waals surface area contributed by atoms with E-state index in [0.29, 0.717) is 17.3 Å². The standard InChI is InChI=1S/C13H22N2O2S2/c1-13(2,3)11-5-6-12(18-11)19(16,17)15-9-4-7-14-8-10-15/h5-6,14H,4,7-10H2,1-3H3. The molecule has 19 heavy (non-hydrogen) atoms. The molecule has 0 saturated carbocycles. The monoisotopic (exact) mass is 302 g/mol. The second kappa shape index (κ2) is 5.52. The van der Waals surface area contributed by atoms with Crippen LogP contribution in [0.5, 0.6) is 0 Å². The molecule has 0 radical (unpaired) electrons. The van der Waals surface area contributed by atoms with Gasteiger partial charge in [-0.2, -0.15) is 4.31 Å². The van der Waals surface area contributed by atoms with E-state index < -0.39 is 10.0 Å². The highest BCUT2D eigenvalue weighted by Crippen LogP contribution is 2.33. The summed E-state index contributed by atoms with van der Waals surface area (Å²) >= 11 is 1.40. The van der Waals surface area contributed by atoms with E-state index in [1.165, 1.54) is 11.3 Å². The van der Waals surface area contributed by atoms with Gasteiger partial charge in [0.25, 0.3) is 10.0 Å². The van der Waals surface area contributed by atoms with E-state index in [4.69, 9.17) is 0 Å². The molecule has 0 bridgehead atoms. The second-order valence-electron chi connectivity index (χ2n) is 5.88. The van der Waals surface area contributed by atoms with Crippen molar-refractivity contribution in [2.45, 2.75) is 36.8 Å². The van der Waals surface area contributed by atoms with E-state index in [0.717, 1.165) is 24.4 Å². The normalized spacial score (nSPS) is 19.3. The number of thiophene rings is 1. The zero-order chi connectivity index (χ0) is 14.1. The second-order valence-corrected chi connectivity index (χ2v) is 9.12. The third-order valence-corrected chi connectivity index (χ3v) is 7.09. The van der Waals surface area contributed by atoms with Gasteiger partial charge in [-0.1, -0.05) is 20.8 Å². The number of nitrogens with one attached hydrogen (secondary N) is 1. The van der Waals surface area contributed by atoms with E-state index in [2.05, 4.69) is 26.1 Å². The molecule has 0 amide bonds. The molecule has 4 nitrogen and oxygen atoms in total. The lowest BCUT2D eigenvalue weighted by Gasteiger charge is -2.19. The van der Waals surface area contributed by atoms with Crippen LogP contribution >= 0.6 is 11.3 Å². The maximum atomic E-state index is 12.6. The van der Waals surface area contributed by atoms with Crippen molar-refractivity contribution in [3.05, 3.63) is 17.0 Å². The van der Waals surface area contributed by atoms with Crippen LogP contribution < -0.4 is 5.32 Å². The Labute approximate surface area is 119 Å². The molecule has 1 aliphatic heterocycles. The molecule has 0 aromatic carbocycles. The van der Waals surface area contributed by atoms with Gasteiger partial charge in [-0.25, -0.2) is 8.42 Å². The third-order valence-electron chi connectivity index (χ3n) is 3.21. The largest absolute Gasteiger partial charge is 0.315 e. The first kappa shape index (κ1) is 15.0. The van der Waals surface area contributed by atoms with Crippen molar-refractivity contribution in [3.63, 3.8) is 0 Å². The number of hydrogen-bond donors (Lipinski definition) is 1. The summed E-state index contributed by atoms with van der Waals surface area (Å²) in [5.41, 5.74) is -0.00121. The number of nitrogens with zero attached hydrogens (tertiary/aromatic N) is 1. The molecule has 0 unspecified atom stereocenters. The smallest absolute Gasteiger partial charge is 0.252 e.